The van der Waals surface area contributed by atoms with Crippen molar-refractivity contribution in [3.8, 4) is 0 Å². The smallest absolute Gasteiger partial charge is 0.217 e. The summed E-state index contributed by atoms with van der Waals surface area (Å²) in [5, 5.41) is 8.86. The lowest BCUT2D eigenvalue weighted by molar-refractivity contribution is -0.118. The molecule has 0 aliphatic rings. The van der Waals surface area contributed by atoms with E-state index < -0.39 is 6.10 Å². The Morgan fingerprint density at radius 2 is 2.20 bits per heavy atom. The second kappa shape index (κ2) is 4.24. The Morgan fingerprint density at radius 1 is 1.70 bits per heavy atom. The van der Waals surface area contributed by atoms with E-state index in [0.29, 0.717) is 6.42 Å². The summed E-state index contributed by atoms with van der Waals surface area (Å²) >= 11 is 0. The molecule has 2 atom stereocenters. The predicted molar refractivity (Wildman–Crippen MR) is 38.1 cm³/mol. The summed E-state index contributed by atoms with van der Waals surface area (Å²) in [5.41, 5.74) is 10.3. The molecule has 0 bridgehead atoms. The molecule has 10 heavy (non-hydrogen) atoms. The maximum atomic E-state index is 10.2. The number of hydrogen-bond acceptors (Lipinski definition) is 3. The monoisotopic (exact) mass is 146 g/mol. The van der Waals surface area contributed by atoms with Gasteiger partial charge < -0.3 is 16.6 Å². The van der Waals surface area contributed by atoms with Crippen LogP contribution in [0.5, 0.6) is 0 Å². The molecule has 4 heteroatoms. The number of primary amides is 1. The van der Waals surface area contributed by atoms with E-state index in [0.717, 1.165) is 0 Å². The number of nitrogens with two attached hydrogens (primary N) is 2. The normalized spacial score (nSPS) is 16.3. The quantitative estimate of drug-likeness (QED) is 0.473. The van der Waals surface area contributed by atoms with Gasteiger partial charge in [0.2, 0.25) is 5.91 Å². The van der Waals surface area contributed by atoms with Gasteiger partial charge >= 0.3 is 0 Å². The van der Waals surface area contributed by atoms with Crippen molar-refractivity contribution in [2.45, 2.75) is 31.9 Å². The number of aliphatic hydroxyl groups excluding tert-OH is 1. The maximum absolute atomic E-state index is 10.2. The highest BCUT2D eigenvalue weighted by Crippen LogP contribution is 1.97. The molecule has 0 fully saturated rings. The van der Waals surface area contributed by atoms with Gasteiger partial charge in [0.1, 0.15) is 0 Å². The summed E-state index contributed by atoms with van der Waals surface area (Å²) in [6, 6.07) is -0.340. The van der Waals surface area contributed by atoms with Gasteiger partial charge in [0, 0.05) is 12.5 Å². The van der Waals surface area contributed by atoms with Gasteiger partial charge in [-0.2, -0.15) is 0 Å². The van der Waals surface area contributed by atoms with Crippen LogP contribution < -0.4 is 11.5 Å². The molecule has 0 aliphatic carbocycles. The van der Waals surface area contributed by atoms with Gasteiger partial charge in [0.15, 0.2) is 0 Å². The fourth-order valence-corrected chi connectivity index (χ4v) is 0.550. The number of hydrogen-bond donors (Lipinski definition) is 3. The maximum Gasteiger partial charge on any atom is 0.217 e. The minimum atomic E-state index is -0.570. The van der Waals surface area contributed by atoms with E-state index in [1.165, 1.54) is 0 Å². The van der Waals surface area contributed by atoms with Crippen LogP contribution in [0.4, 0.5) is 0 Å². The van der Waals surface area contributed by atoms with E-state index in [-0.39, 0.29) is 18.4 Å². The number of rotatable bonds is 4. The van der Waals surface area contributed by atoms with E-state index in [9.17, 15) is 4.79 Å². The SMILES string of the molecule is C[C@@H](O)C(N)CCC(N)=O. The molecule has 0 rings (SSSR count). The summed E-state index contributed by atoms with van der Waals surface area (Å²) in [6.07, 6.45) is 0.123. The zero-order valence-corrected chi connectivity index (χ0v) is 6.08. The van der Waals surface area contributed by atoms with Crippen molar-refractivity contribution in [3.63, 3.8) is 0 Å². The van der Waals surface area contributed by atoms with Gasteiger partial charge in [-0.25, -0.2) is 0 Å². The predicted octanol–water partition coefficient (Wildman–Crippen LogP) is -1.04. The zero-order valence-electron chi connectivity index (χ0n) is 6.08. The molecule has 1 unspecified atom stereocenters. The third-order valence-corrected chi connectivity index (χ3v) is 1.34. The molecule has 0 aromatic heterocycles. The van der Waals surface area contributed by atoms with Gasteiger partial charge in [-0.1, -0.05) is 0 Å². The molecule has 0 radical (unpaired) electrons. The fourth-order valence-electron chi connectivity index (χ4n) is 0.550. The highest BCUT2D eigenvalue weighted by molar-refractivity contribution is 5.73. The molecule has 5 N–H and O–H groups in total. The Hall–Kier alpha value is -0.610. The minimum absolute atomic E-state index is 0.242. The number of amides is 1. The van der Waals surface area contributed by atoms with Crippen LogP contribution in [0.1, 0.15) is 19.8 Å². The van der Waals surface area contributed by atoms with Crippen molar-refractivity contribution in [1.29, 1.82) is 0 Å². The first-order valence-electron chi connectivity index (χ1n) is 3.26. The van der Waals surface area contributed by atoms with Gasteiger partial charge in [-0.15, -0.1) is 0 Å². The Bertz CT molecular complexity index is 114. The molecule has 0 aromatic carbocycles. The van der Waals surface area contributed by atoms with E-state index in [1.807, 2.05) is 0 Å². The molecule has 0 aliphatic heterocycles. The van der Waals surface area contributed by atoms with E-state index in [2.05, 4.69) is 0 Å². The molecule has 0 aromatic rings. The highest BCUT2D eigenvalue weighted by Gasteiger charge is 2.09. The zero-order chi connectivity index (χ0) is 8.15. The molecule has 0 saturated heterocycles. The summed E-state index contributed by atoms with van der Waals surface area (Å²) in [6.45, 7) is 1.59. The van der Waals surface area contributed by atoms with Crippen LogP contribution in [0, 0.1) is 0 Å². The summed E-state index contributed by atoms with van der Waals surface area (Å²) in [7, 11) is 0. The molecular weight excluding hydrogens is 132 g/mol. The standard InChI is InChI=1S/C6H14N2O2/c1-4(9)5(7)2-3-6(8)10/h4-5,9H,2-3,7H2,1H3,(H2,8,10)/t4-,5?/m1/s1. The molecule has 1 amide bonds. The van der Waals surface area contributed by atoms with Crippen molar-refractivity contribution in [3.05, 3.63) is 0 Å². The largest absolute Gasteiger partial charge is 0.392 e. The van der Waals surface area contributed by atoms with Gasteiger partial charge in [-0.3, -0.25) is 4.79 Å². The molecular formula is C6H14N2O2. The first kappa shape index (κ1) is 9.39. The Kier molecular flexibility index (Phi) is 3.99. The van der Waals surface area contributed by atoms with Crippen molar-refractivity contribution >= 4 is 5.91 Å². The molecule has 4 nitrogen and oxygen atoms in total. The fraction of sp³-hybridized carbons (Fsp3) is 0.833. The van der Waals surface area contributed by atoms with Crippen LogP contribution in [0.25, 0.3) is 0 Å². The topological polar surface area (TPSA) is 89.3 Å². The van der Waals surface area contributed by atoms with E-state index >= 15 is 0 Å². The number of carbonyl (C=O) groups excluding carboxylic acids is 1. The first-order chi connectivity index (χ1) is 4.54. The van der Waals surface area contributed by atoms with Crippen LogP contribution >= 0.6 is 0 Å². The number of aliphatic hydroxyl groups is 1. The van der Waals surface area contributed by atoms with Crippen LogP contribution in [-0.4, -0.2) is 23.2 Å². The number of carbonyl (C=O) groups is 1. The summed E-state index contributed by atoms with van der Waals surface area (Å²) in [4.78, 5) is 10.2. The van der Waals surface area contributed by atoms with Gasteiger partial charge in [-0.05, 0) is 13.3 Å². The van der Waals surface area contributed by atoms with Gasteiger partial charge in [0.05, 0.1) is 6.10 Å². The van der Waals surface area contributed by atoms with Crippen molar-refractivity contribution in [2.75, 3.05) is 0 Å². The van der Waals surface area contributed by atoms with Gasteiger partial charge in [0.25, 0.3) is 0 Å². The Labute approximate surface area is 60.2 Å². The van der Waals surface area contributed by atoms with Crippen LogP contribution in [-0.2, 0) is 4.79 Å². The second-order valence-electron chi connectivity index (χ2n) is 2.41. The first-order valence-corrected chi connectivity index (χ1v) is 3.26. The van der Waals surface area contributed by atoms with Crippen LogP contribution in [0.3, 0.4) is 0 Å². The molecule has 60 valence electrons. The van der Waals surface area contributed by atoms with Crippen molar-refractivity contribution in [1.82, 2.24) is 0 Å². The third-order valence-electron chi connectivity index (χ3n) is 1.34. The average molecular weight is 146 g/mol. The Balaban J connectivity index is 3.39. The molecule has 0 heterocycles. The van der Waals surface area contributed by atoms with Crippen molar-refractivity contribution in [2.24, 2.45) is 11.5 Å². The van der Waals surface area contributed by atoms with Crippen LogP contribution in [0.2, 0.25) is 0 Å². The third kappa shape index (κ3) is 4.29. The lowest BCUT2D eigenvalue weighted by Crippen LogP contribution is -2.33. The van der Waals surface area contributed by atoms with Crippen LogP contribution in [0.15, 0.2) is 0 Å². The van der Waals surface area contributed by atoms with E-state index in [4.69, 9.17) is 16.6 Å². The lowest BCUT2D eigenvalue weighted by atomic mass is 10.1. The second-order valence-corrected chi connectivity index (χ2v) is 2.41. The average Bonchev–Trinajstić information content (AvgIpc) is 1.82. The van der Waals surface area contributed by atoms with Crippen molar-refractivity contribution < 1.29 is 9.90 Å². The van der Waals surface area contributed by atoms with E-state index in [1.54, 1.807) is 6.92 Å². The summed E-state index contributed by atoms with van der Waals surface area (Å²) in [5.74, 6) is -0.379. The minimum Gasteiger partial charge on any atom is -0.392 e. The lowest BCUT2D eigenvalue weighted by Gasteiger charge is -2.12. The summed E-state index contributed by atoms with van der Waals surface area (Å²) < 4.78 is 0. The molecule has 0 saturated carbocycles. The highest BCUT2D eigenvalue weighted by atomic mass is 16.3. The molecule has 0 spiro atoms. The Morgan fingerprint density at radius 3 is 2.50 bits per heavy atom.